The van der Waals surface area contributed by atoms with Crippen LogP contribution in [-0.4, -0.2) is 62.8 Å². The summed E-state index contributed by atoms with van der Waals surface area (Å²) in [6.45, 7) is 7.27. The van der Waals surface area contributed by atoms with Gasteiger partial charge in [0.1, 0.15) is 0 Å². The molecule has 1 heterocycles. The second-order valence-corrected chi connectivity index (χ2v) is 4.46. The van der Waals surface area contributed by atoms with Crippen molar-refractivity contribution in [2.75, 3.05) is 46.0 Å². The number of hydrogen-bond donors (Lipinski definition) is 1. The maximum atomic E-state index is 11.5. The van der Waals surface area contributed by atoms with E-state index in [2.05, 4.69) is 10.2 Å². The van der Waals surface area contributed by atoms with Gasteiger partial charge in [-0.3, -0.25) is 14.5 Å². The molecule has 0 spiro atoms. The Labute approximate surface area is 114 Å². The van der Waals surface area contributed by atoms with Crippen LogP contribution in [0.3, 0.4) is 0 Å². The van der Waals surface area contributed by atoms with Crippen LogP contribution in [0.2, 0.25) is 0 Å². The van der Waals surface area contributed by atoms with Gasteiger partial charge in [0.05, 0.1) is 26.2 Å². The van der Waals surface area contributed by atoms with Crippen molar-refractivity contribution in [3.05, 3.63) is 0 Å². The SMILES string of the molecule is CCOC(=O)CCC(=O)NCCCN1CCOCC1. The Morgan fingerprint density at radius 3 is 2.68 bits per heavy atom. The van der Waals surface area contributed by atoms with E-state index in [4.69, 9.17) is 9.47 Å². The van der Waals surface area contributed by atoms with Gasteiger partial charge in [-0.1, -0.05) is 0 Å². The molecule has 0 aliphatic carbocycles. The van der Waals surface area contributed by atoms with E-state index in [1.807, 2.05) is 0 Å². The maximum absolute atomic E-state index is 11.5. The van der Waals surface area contributed by atoms with Crippen molar-refractivity contribution in [1.29, 1.82) is 0 Å². The average Bonchev–Trinajstić information content (AvgIpc) is 2.43. The second-order valence-electron chi connectivity index (χ2n) is 4.46. The zero-order valence-electron chi connectivity index (χ0n) is 11.7. The molecule has 0 aromatic carbocycles. The number of amides is 1. The number of ether oxygens (including phenoxy) is 2. The molecule has 1 fully saturated rings. The average molecular weight is 272 g/mol. The highest BCUT2D eigenvalue weighted by Crippen LogP contribution is 1.98. The van der Waals surface area contributed by atoms with Crippen molar-refractivity contribution in [1.82, 2.24) is 10.2 Å². The molecule has 0 bridgehead atoms. The molecule has 0 aromatic heterocycles. The molecule has 1 saturated heterocycles. The number of esters is 1. The quantitative estimate of drug-likeness (QED) is 0.504. The molecule has 19 heavy (non-hydrogen) atoms. The van der Waals surface area contributed by atoms with E-state index in [1.165, 1.54) is 0 Å². The summed E-state index contributed by atoms with van der Waals surface area (Å²) in [7, 11) is 0. The number of nitrogens with zero attached hydrogens (tertiary/aromatic N) is 1. The van der Waals surface area contributed by atoms with Crippen molar-refractivity contribution < 1.29 is 19.1 Å². The Morgan fingerprint density at radius 2 is 2.00 bits per heavy atom. The summed E-state index contributed by atoms with van der Waals surface area (Å²) in [6.07, 6.45) is 1.28. The standard InChI is InChI=1S/C13H24N2O4/c1-2-19-13(17)5-4-12(16)14-6-3-7-15-8-10-18-11-9-15/h2-11H2,1H3,(H,14,16). The number of hydrogen-bond acceptors (Lipinski definition) is 5. The van der Waals surface area contributed by atoms with Gasteiger partial charge in [-0.05, 0) is 19.9 Å². The van der Waals surface area contributed by atoms with Gasteiger partial charge >= 0.3 is 5.97 Å². The van der Waals surface area contributed by atoms with Gasteiger partial charge in [0, 0.05) is 26.1 Å². The molecule has 1 aliphatic rings. The highest BCUT2D eigenvalue weighted by molar-refractivity contribution is 5.81. The van der Waals surface area contributed by atoms with Gasteiger partial charge in [0.15, 0.2) is 0 Å². The minimum Gasteiger partial charge on any atom is -0.466 e. The van der Waals surface area contributed by atoms with Gasteiger partial charge in [-0.15, -0.1) is 0 Å². The van der Waals surface area contributed by atoms with Crippen LogP contribution in [0.25, 0.3) is 0 Å². The minimum atomic E-state index is -0.314. The molecule has 0 aromatic rings. The fourth-order valence-corrected chi connectivity index (χ4v) is 1.89. The summed E-state index contributed by atoms with van der Waals surface area (Å²) in [6, 6.07) is 0. The third kappa shape index (κ3) is 7.79. The zero-order chi connectivity index (χ0) is 13.9. The first kappa shape index (κ1) is 15.9. The highest BCUT2D eigenvalue weighted by Gasteiger charge is 2.10. The van der Waals surface area contributed by atoms with E-state index >= 15 is 0 Å². The molecule has 0 unspecified atom stereocenters. The lowest BCUT2D eigenvalue weighted by Crippen LogP contribution is -2.38. The van der Waals surface area contributed by atoms with Gasteiger partial charge in [0.25, 0.3) is 0 Å². The van der Waals surface area contributed by atoms with Crippen LogP contribution in [0.15, 0.2) is 0 Å². The van der Waals surface area contributed by atoms with Crippen molar-refractivity contribution >= 4 is 11.9 Å². The summed E-state index contributed by atoms with van der Waals surface area (Å²) in [4.78, 5) is 24.8. The third-order valence-electron chi connectivity index (χ3n) is 2.94. The van der Waals surface area contributed by atoms with Crippen molar-refractivity contribution in [2.45, 2.75) is 26.2 Å². The first-order valence-corrected chi connectivity index (χ1v) is 6.94. The van der Waals surface area contributed by atoms with E-state index in [1.54, 1.807) is 6.92 Å². The van der Waals surface area contributed by atoms with E-state index in [9.17, 15) is 9.59 Å². The lowest BCUT2D eigenvalue weighted by molar-refractivity contribution is -0.144. The molecule has 110 valence electrons. The smallest absolute Gasteiger partial charge is 0.306 e. The maximum Gasteiger partial charge on any atom is 0.306 e. The van der Waals surface area contributed by atoms with Gasteiger partial charge in [-0.25, -0.2) is 0 Å². The molecule has 1 N–H and O–H groups in total. The predicted molar refractivity (Wildman–Crippen MR) is 70.8 cm³/mol. The minimum absolute atomic E-state index is 0.0879. The lowest BCUT2D eigenvalue weighted by atomic mass is 10.3. The van der Waals surface area contributed by atoms with Crippen LogP contribution >= 0.6 is 0 Å². The molecule has 6 heteroatoms. The third-order valence-corrected chi connectivity index (χ3v) is 2.94. The van der Waals surface area contributed by atoms with Crippen molar-refractivity contribution in [3.63, 3.8) is 0 Å². The van der Waals surface area contributed by atoms with Crippen LogP contribution in [0, 0.1) is 0 Å². The van der Waals surface area contributed by atoms with E-state index in [0.717, 1.165) is 39.3 Å². The highest BCUT2D eigenvalue weighted by atomic mass is 16.5. The first-order chi connectivity index (χ1) is 9.22. The number of morpholine rings is 1. The summed E-state index contributed by atoms with van der Waals surface area (Å²) in [5.41, 5.74) is 0. The number of carbonyl (C=O) groups excluding carboxylic acids is 2. The number of nitrogens with one attached hydrogen (secondary N) is 1. The second kappa shape index (κ2) is 9.75. The normalized spacial score (nSPS) is 16.1. The molecule has 1 rings (SSSR count). The molecule has 0 atom stereocenters. The van der Waals surface area contributed by atoms with Crippen LogP contribution in [0.4, 0.5) is 0 Å². The molecule has 6 nitrogen and oxygen atoms in total. The predicted octanol–water partition coefficient (Wildman–Crippen LogP) is 0.168. The van der Waals surface area contributed by atoms with Gasteiger partial charge < -0.3 is 14.8 Å². The Kier molecular flexibility index (Phi) is 8.16. The topological polar surface area (TPSA) is 67.9 Å². The molecule has 1 amide bonds. The molecular formula is C13H24N2O4. The van der Waals surface area contributed by atoms with Crippen LogP contribution in [0.5, 0.6) is 0 Å². The summed E-state index contributed by atoms with van der Waals surface area (Å²) >= 11 is 0. The zero-order valence-corrected chi connectivity index (χ0v) is 11.7. The fourth-order valence-electron chi connectivity index (χ4n) is 1.89. The summed E-state index contributed by atoms with van der Waals surface area (Å²) in [5, 5.41) is 2.82. The fraction of sp³-hybridized carbons (Fsp3) is 0.846. The monoisotopic (exact) mass is 272 g/mol. The van der Waals surface area contributed by atoms with E-state index in [0.29, 0.717) is 13.2 Å². The summed E-state index contributed by atoms with van der Waals surface area (Å²) < 4.78 is 10.0. The molecular weight excluding hydrogens is 248 g/mol. The molecule has 1 aliphatic heterocycles. The van der Waals surface area contributed by atoms with Crippen molar-refractivity contribution in [2.24, 2.45) is 0 Å². The molecule has 0 radical (unpaired) electrons. The Morgan fingerprint density at radius 1 is 1.26 bits per heavy atom. The largest absolute Gasteiger partial charge is 0.466 e. The van der Waals surface area contributed by atoms with E-state index in [-0.39, 0.29) is 24.7 Å². The van der Waals surface area contributed by atoms with Crippen LogP contribution < -0.4 is 5.32 Å². The van der Waals surface area contributed by atoms with Crippen LogP contribution in [0.1, 0.15) is 26.2 Å². The molecule has 0 saturated carbocycles. The van der Waals surface area contributed by atoms with E-state index < -0.39 is 0 Å². The van der Waals surface area contributed by atoms with Gasteiger partial charge in [0.2, 0.25) is 5.91 Å². The Balaban J connectivity index is 1.96. The van der Waals surface area contributed by atoms with Gasteiger partial charge in [-0.2, -0.15) is 0 Å². The Bertz CT molecular complexity index is 278. The summed E-state index contributed by atoms with van der Waals surface area (Å²) in [5.74, 6) is -0.402. The lowest BCUT2D eigenvalue weighted by Gasteiger charge is -2.26. The number of rotatable bonds is 8. The van der Waals surface area contributed by atoms with Crippen LogP contribution in [-0.2, 0) is 19.1 Å². The first-order valence-electron chi connectivity index (χ1n) is 6.94. The number of carbonyl (C=O) groups is 2. The van der Waals surface area contributed by atoms with Crippen molar-refractivity contribution in [3.8, 4) is 0 Å². The Hall–Kier alpha value is -1.14.